The van der Waals surface area contributed by atoms with Crippen molar-refractivity contribution in [2.24, 2.45) is 17.6 Å². The van der Waals surface area contributed by atoms with E-state index in [0.717, 1.165) is 62.9 Å². The second-order valence-electron chi connectivity index (χ2n) is 10.1. The third-order valence-electron chi connectivity index (χ3n) is 7.54. The van der Waals surface area contributed by atoms with Gasteiger partial charge < -0.3 is 25.4 Å². The second kappa shape index (κ2) is 14.1. The number of nitrogens with two attached hydrogens (primary N) is 1. The third kappa shape index (κ3) is 7.62. The van der Waals surface area contributed by atoms with Crippen LogP contribution in [-0.4, -0.2) is 54.7 Å². The summed E-state index contributed by atoms with van der Waals surface area (Å²) in [7, 11) is 1.74. The van der Waals surface area contributed by atoms with Gasteiger partial charge in [-0.25, -0.2) is 0 Å². The van der Waals surface area contributed by atoms with E-state index in [-0.39, 0.29) is 12.1 Å². The number of anilines is 2. The van der Waals surface area contributed by atoms with E-state index in [1.54, 1.807) is 7.11 Å². The zero-order valence-electron chi connectivity index (χ0n) is 21.2. The summed E-state index contributed by atoms with van der Waals surface area (Å²) >= 11 is 1.29. The molecule has 1 saturated heterocycles. The first kappa shape index (κ1) is 26.3. The average Bonchev–Trinajstić information content (AvgIpc) is 3.38. The van der Waals surface area contributed by atoms with Crippen LogP contribution in [-0.2, 0) is 9.47 Å². The number of hydrogen-bond acceptors (Lipinski definition) is 8. The standard InChI is InChI=1S/C27H43N5O2S/c1-33-16-9-17-34-25(22-12-6-3-7-13-22)23-14-8-15-32(20-23)27-26(30-35-31-27)29-24(19-28)18-21-10-4-2-5-11-21/h3,6-7,12-13,21,23-25H,2,4-5,8-11,14-20,28H2,1H3,(H,29,30)/t23?,24-,25-/m0/s1. The topological polar surface area (TPSA) is 85.5 Å². The van der Waals surface area contributed by atoms with Gasteiger partial charge in [0.1, 0.15) is 0 Å². The lowest BCUT2D eigenvalue weighted by Gasteiger charge is -2.37. The summed E-state index contributed by atoms with van der Waals surface area (Å²) in [6.45, 7) is 3.97. The average molecular weight is 502 g/mol. The van der Waals surface area contributed by atoms with Gasteiger partial charge in [-0.1, -0.05) is 62.4 Å². The molecular formula is C27H43N5O2S. The maximum Gasteiger partial charge on any atom is 0.186 e. The van der Waals surface area contributed by atoms with Crippen LogP contribution in [0, 0.1) is 11.8 Å². The number of piperidine rings is 1. The molecule has 0 bridgehead atoms. The van der Waals surface area contributed by atoms with E-state index in [9.17, 15) is 0 Å². The van der Waals surface area contributed by atoms with Gasteiger partial charge in [0.2, 0.25) is 0 Å². The summed E-state index contributed by atoms with van der Waals surface area (Å²) in [5, 5.41) is 3.67. The minimum Gasteiger partial charge on any atom is -0.385 e. The third-order valence-corrected chi connectivity index (χ3v) is 8.06. The molecule has 35 heavy (non-hydrogen) atoms. The first-order chi connectivity index (χ1) is 17.3. The molecule has 3 N–H and O–H groups in total. The summed E-state index contributed by atoms with van der Waals surface area (Å²) in [5.74, 6) is 3.06. The van der Waals surface area contributed by atoms with Crippen LogP contribution in [0.25, 0.3) is 0 Å². The van der Waals surface area contributed by atoms with E-state index >= 15 is 0 Å². The Balaban J connectivity index is 1.42. The number of hydrogen-bond donors (Lipinski definition) is 2. The lowest BCUT2D eigenvalue weighted by atomic mass is 9.85. The number of nitrogens with one attached hydrogen (secondary N) is 1. The molecule has 0 amide bonds. The Kier molecular flexibility index (Phi) is 10.6. The quantitative estimate of drug-likeness (QED) is 0.362. The number of aromatic nitrogens is 2. The first-order valence-electron chi connectivity index (χ1n) is 13.5. The Hall–Kier alpha value is -1.74. The Bertz CT molecular complexity index is 845. The maximum atomic E-state index is 6.46. The van der Waals surface area contributed by atoms with Gasteiger partial charge in [-0.3, -0.25) is 0 Å². The fourth-order valence-corrected chi connectivity index (χ4v) is 6.26. The summed E-state index contributed by atoms with van der Waals surface area (Å²) in [5.41, 5.74) is 7.43. The Morgan fingerprint density at radius 1 is 1.09 bits per heavy atom. The maximum absolute atomic E-state index is 6.46. The van der Waals surface area contributed by atoms with Gasteiger partial charge in [0.15, 0.2) is 11.6 Å². The first-order valence-corrected chi connectivity index (χ1v) is 14.2. The highest BCUT2D eigenvalue weighted by Gasteiger charge is 2.31. The van der Waals surface area contributed by atoms with Crippen molar-refractivity contribution < 1.29 is 9.47 Å². The largest absolute Gasteiger partial charge is 0.385 e. The normalized spacial score (nSPS) is 21.1. The summed E-state index contributed by atoms with van der Waals surface area (Å²) in [4.78, 5) is 2.41. The number of nitrogens with zero attached hydrogens (tertiary/aromatic N) is 3. The van der Waals surface area contributed by atoms with Gasteiger partial charge in [0.05, 0.1) is 17.8 Å². The molecule has 1 unspecified atom stereocenters. The van der Waals surface area contributed by atoms with Gasteiger partial charge >= 0.3 is 0 Å². The fourth-order valence-electron chi connectivity index (χ4n) is 5.73. The molecule has 2 aliphatic rings. The summed E-state index contributed by atoms with van der Waals surface area (Å²) in [6, 6.07) is 10.9. The van der Waals surface area contributed by atoms with Crippen molar-refractivity contribution >= 4 is 23.4 Å². The molecule has 1 aromatic carbocycles. The van der Waals surface area contributed by atoms with Crippen molar-refractivity contribution in [3.63, 3.8) is 0 Å². The molecule has 0 radical (unpaired) electrons. The molecule has 7 nitrogen and oxygen atoms in total. The van der Waals surface area contributed by atoms with Gasteiger partial charge in [-0.2, -0.15) is 8.75 Å². The molecule has 194 valence electrons. The van der Waals surface area contributed by atoms with Gasteiger partial charge in [-0.05, 0) is 37.2 Å². The highest BCUT2D eigenvalue weighted by Crippen LogP contribution is 2.36. The number of methoxy groups -OCH3 is 1. The zero-order chi connectivity index (χ0) is 24.3. The van der Waals surface area contributed by atoms with Crippen molar-refractivity contribution in [1.82, 2.24) is 8.75 Å². The highest BCUT2D eigenvalue weighted by molar-refractivity contribution is 6.99. The molecule has 1 aromatic heterocycles. The van der Waals surface area contributed by atoms with Gasteiger partial charge in [0, 0.05) is 51.9 Å². The van der Waals surface area contributed by atoms with E-state index in [0.29, 0.717) is 19.1 Å². The molecular weight excluding hydrogens is 458 g/mol. The molecule has 2 fully saturated rings. The van der Waals surface area contributed by atoms with Crippen molar-refractivity contribution in [2.75, 3.05) is 50.2 Å². The Morgan fingerprint density at radius 2 is 1.91 bits per heavy atom. The molecule has 8 heteroatoms. The van der Waals surface area contributed by atoms with Crippen LogP contribution in [0.15, 0.2) is 30.3 Å². The predicted octanol–water partition coefficient (Wildman–Crippen LogP) is 5.26. The van der Waals surface area contributed by atoms with Gasteiger partial charge in [0.25, 0.3) is 0 Å². The number of benzene rings is 1. The minimum absolute atomic E-state index is 0.0713. The molecule has 1 saturated carbocycles. The molecule has 1 aliphatic carbocycles. The van der Waals surface area contributed by atoms with Crippen LogP contribution in [0.2, 0.25) is 0 Å². The van der Waals surface area contributed by atoms with Crippen LogP contribution in [0.1, 0.15) is 69.5 Å². The summed E-state index contributed by atoms with van der Waals surface area (Å²) in [6.07, 6.45) is 11.1. The SMILES string of the molecule is COCCCO[C@@H](c1ccccc1)C1CCCN(c2nsnc2N[C@H](CN)CC2CCCCC2)C1. The van der Waals surface area contributed by atoms with E-state index in [2.05, 4.69) is 44.9 Å². The predicted molar refractivity (Wildman–Crippen MR) is 144 cm³/mol. The smallest absolute Gasteiger partial charge is 0.186 e. The molecule has 4 rings (SSSR count). The van der Waals surface area contributed by atoms with Crippen LogP contribution >= 0.6 is 11.7 Å². The van der Waals surface area contributed by atoms with Crippen molar-refractivity contribution in [1.29, 1.82) is 0 Å². The fraction of sp³-hybridized carbons (Fsp3) is 0.704. The molecule has 2 heterocycles. The van der Waals surface area contributed by atoms with E-state index in [1.165, 1.54) is 49.4 Å². The van der Waals surface area contributed by atoms with E-state index < -0.39 is 0 Å². The second-order valence-corrected chi connectivity index (χ2v) is 10.7. The monoisotopic (exact) mass is 501 g/mol. The minimum atomic E-state index is 0.0713. The van der Waals surface area contributed by atoms with E-state index in [4.69, 9.17) is 19.6 Å². The molecule has 2 aromatic rings. The molecule has 3 atom stereocenters. The summed E-state index contributed by atoms with van der Waals surface area (Å²) < 4.78 is 21.1. The molecule has 1 aliphatic heterocycles. The van der Waals surface area contributed by atoms with E-state index in [1.807, 2.05) is 0 Å². The zero-order valence-corrected chi connectivity index (χ0v) is 22.1. The highest BCUT2D eigenvalue weighted by atomic mass is 32.1. The number of rotatable bonds is 13. The Morgan fingerprint density at radius 3 is 2.69 bits per heavy atom. The Labute approximate surface area is 215 Å². The lowest BCUT2D eigenvalue weighted by molar-refractivity contribution is -0.00237. The lowest BCUT2D eigenvalue weighted by Crippen LogP contribution is -2.39. The van der Waals surface area contributed by atoms with Crippen LogP contribution in [0.4, 0.5) is 11.6 Å². The number of ether oxygens (including phenoxy) is 2. The van der Waals surface area contributed by atoms with Gasteiger partial charge in [-0.15, -0.1) is 0 Å². The van der Waals surface area contributed by atoms with Crippen molar-refractivity contribution in [3.8, 4) is 0 Å². The van der Waals surface area contributed by atoms with Crippen molar-refractivity contribution in [2.45, 2.75) is 69.9 Å². The molecule has 0 spiro atoms. The van der Waals surface area contributed by atoms with Crippen LogP contribution < -0.4 is 16.0 Å². The van der Waals surface area contributed by atoms with Crippen LogP contribution in [0.3, 0.4) is 0 Å². The van der Waals surface area contributed by atoms with Crippen LogP contribution in [0.5, 0.6) is 0 Å². The van der Waals surface area contributed by atoms with Crippen molar-refractivity contribution in [3.05, 3.63) is 35.9 Å².